The lowest BCUT2D eigenvalue weighted by molar-refractivity contribution is -0.120. The first-order valence-corrected chi connectivity index (χ1v) is 11.5. The number of amides is 1. The Bertz CT molecular complexity index is 969. The average Bonchev–Trinajstić information content (AvgIpc) is 3.11. The van der Waals surface area contributed by atoms with Crippen LogP contribution in [0.1, 0.15) is 28.9 Å². The highest BCUT2D eigenvalue weighted by molar-refractivity contribution is 7.88. The normalized spacial score (nSPS) is 17.9. The van der Waals surface area contributed by atoms with Crippen LogP contribution in [0.25, 0.3) is 10.4 Å². The lowest BCUT2D eigenvalue weighted by Crippen LogP contribution is -2.49. The second-order valence-corrected chi connectivity index (χ2v) is 9.57. The summed E-state index contributed by atoms with van der Waals surface area (Å²) in [6.07, 6.45) is 3.05. The Morgan fingerprint density at radius 1 is 1.21 bits per heavy atom. The molecule has 1 fully saturated rings. The van der Waals surface area contributed by atoms with Gasteiger partial charge in [-0.2, -0.15) is 4.31 Å². The van der Waals surface area contributed by atoms with Crippen molar-refractivity contribution in [1.82, 2.24) is 4.31 Å². The Hall–Kier alpha value is -2.23. The van der Waals surface area contributed by atoms with E-state index in [9.17, 15) is 18.0 Å². The van der Waals surface area contributed by atoms with E-state index in [2.05, 4.69) is 5.32 Å². The molecule has 150 valence electrons. The summed E-state index contributed by atoms with van der Waals surface area (Å²) in [4.78, 5) is 26.1. The van der Waals surface area contributed by atoms with Gasteiger partial charge in [-0.3, -0.25) is 4.79 Å². The topological polar surface area (TPSA) is 92.8 Å². The summed E-state index contributed by atoms with van der Waals surface area (Å²) in [5.41, 5.74) is 1.24. The highest BCUT2D eigenvalue weighted by atomic mass is 32.2. The molecular formula is C19H22N2O5S2. The number of methoxy groups -OCH3 is 1. The maximum atomic E-state index is 12.9. The van der Waals surface area contributed by atoms with Crippen LogP contribution >= 0.6 is 11.3 Å². The van der Waals surface area contributed by atoms with Crippen molar-refractivity contribution in [3.8, 4) is 10.4 Å². The standard InChI is InChI=1S/C19H22N2O5S2/c1-26-19(23)17-14(12-16(27-17)13-8-4-3-5-9-13)20-18(22)15-10-6-7-11-21(15)28(2,24)25/h3-5,8-9,12,15H,6-7,10-11H2,1-2H3,(H,20,22). The van der Waals surface area contributed by atoms with Gasteiger partial charge in [0.15, 0.2) is 0 Å². The molecule has 0 saturated carbocycles. The Kier molecular flexibility index (Phi) is 6.17. The minimum Gasteiger partial charge on any atom is -0.465 e. The lowest BCUT2D eigenvalue weighted by Gasteiger charge is -2.32. The average molecular weight is 423 g/mol. The van der Waals surface area contributed by atoms with Crippen molar-refractivity contribution in [2.75, 3.05) is 25.2 Å². The van der Waals surface area contributed by atoms with Crippen molar-refractivity contribution >= 4 is 38.9 Å². The van der Waals surface area contributed by atoms with Gasteiger partial charge in [0.05, 0.1) is 19.1 Å². The molecule has 0 aliphatic carbocycles. The van der Waals surface area contributed by atoms with Gasteiger partial charge in [-0.05, 0) is 24.5 Å². The monoisotopic (exact) mass is 422 g/mol. The van der Waals surface area contributed by atoms with Crippen LogP contribution in [-0.4, -0.2) is 50.6 Å². The third-order valence-corrected chi connectivity index (χ3v) is 7.05. The molecule has 0 bridgehead atoms. The van der Waals surface area contributed by atoms with E-state index in [1.54, 1.807) is 6.07 Å². The molecule has 0 spiro atoms. The number of hydrogen-bond donors (Lipinski definition) is 1. The van der Waals surface area contributed by atoms with Gasteiger partial charge in [0.25, 0.3) is 0 Å². The number of piperidine rings is 1. The molecular weight excluding hydrogens is 400 g/mol. The number of anilines is 1. The molecule has 0 radical (unpaired) electrons. The van der Waals surface area contributed by atoms with Crippen molar-refractivity contribution in [3.63, 3.8) is 0 Å². The van der Waals surface area contributed by atoms with Crippen molar-refractivity contribution < 1.29 is 22.7 Å². The van der Waals surface area contributed by atoms with Crippen LogP contribution in [-0.2, 0) is 19.6 Å². The van der Waals surface area contributed by atoms with Crippen LogP contribution in [0.2, 0.25) is 0 Å². The van der Waals surface area contributed by atoms with E-state index in [-0.39, 0.29) is 4.88 Å². The number of nitrogens with zero attached hydrogens (tertiary/aromatic N) is 1. The van der Waals surface area contributed by atoms with Crippen LogP contribution in [0, 0.1) is 0 Å². The quantitative estimate of drug-likeness (QED) is 0.748. The summed E-state index contributed by atoms with van der Waals surface area (Å²) in [6, 6.07) is 10.4. The molecule has 1 amide bonds. The van der Waals surface area contributed by atoms with Crippen LogP contribution in [0.3, 0.4) is 0 Å². The molecule has 7 nitrogen and oxygen atoms in total. The fourth-order valence-electron chi connectivity index (χ4n) is 3.25. The van der Waals surface area contributed by atoms with Gasteiger partial charge < -0.3 is 10.1 Å². The summed E-state index contributed by atoms with van der Waals surface area (Å²) in [7, 11) is -2.22. The third kappa shape index (κ3) is 4.43. The molecule has 1 aliphatic heterocycles. The molecule has 1 saturated heterocycles. The maximum absolute atomic E-state index is 12.9. The summed E-state index contributed by atoms with van der Waals surface area (Å²) < 4.78 is 30.1. The first-order chi connectivity index (χ1) is 13.3. The van der Waals surface area contributed by atoms with Gasteiger partial charge in [0.2, 0.25) is 15.9 Å². The van der Waals surface area contributed by atoms with Gasteiger partial charge in [-0.1, -0.05) is 36.8 Å². The van der Waals surface area contributed by atoms with Gasteiger partial charge in [0, 0.05) is 11.4 Å². The summed E-state index contributed by atoms with van der Waals surface area (Å²) in [5, 5.41) is 2.75. The number of carbonyl (C=O) groups is 2. The molecule has 9 heteroatoms. The summed E-state index contributed by atoms with van der Waals surface area (Å²) in [6.45, 7) is 0.319. The van der Waals surface area contributed by atoms with E-state index in [0.29, 0.717) is 18.7 Å². The Balaban J connectivity index is 1.91. The van der Waals surface area contributed by atoms with Crippen molar-refractivity contribution in [2.24, 2.45) is 0 Å². The number of sulfonamides is 1. The van der Waals surface area contributed by atoms with Gasteiger partial charge in [0.1, 0.15) is 10.9 Å². The first-order valence-electron chi connectivity index (χ1n) is 8.86. The molecule has 1 atom stereocenters. The zero-order chi connectivity index (χ0) is 20.3. The second-order valence-electron chi connectivity index (χ2n) is 6.59. The number of thiophene rings is 1. The van der Waals surface area contributed by atoms with E-state index < -0.39 is 27.9 Å². The minimum absolute atomic E-state index is 0.274. The number of hydrogen-bond acceptors (Lipinski definition) is 6. The van der Waals surface area contributed by atoms with Gasteiger partial charge >= 0.3 is 5.97 Å². The molecule has 1 N–H and O–H groups in total. The Morgan fingerprint density at radius 3 is 2.57 bits per heavy atom. The number of nitrogens with one attached hydrogen (secondary N) is 1. The molecule has 1 aliphatic rings. The maximum Gasteiger partial charge on any atom is 0.350 e. The zero-order valence-electron chi connectivity index (χ0n) is 15.7. The molecule has 3 rings (SSSR count). The van der Waals surface area contributed by atoms with Crippen molar-refractivity contribution in [1.29, 1.82) is 0 Å². The third-order valence-electron chi connectivity index (χ3n) is 4.60. The van der Waals surface area contributed by atoms with Gasteiger partial charge in [-0.15, -0.1) is 11.3 Å². The predicted molar refractivity (Wildman–Crippen MR) is 109 cm³/mol. The van der Waals surface area contributed by atoms with Crippen LogP contribution in [0.15, 0.2) is 36.4 Å². The Morgan fingerprint density at radius 2 is 1.93 bits per heavy atom. The molecule has 2 aromatic rings. The van der Waals surface area contributed by atoms with E-state index in [4.69, 9.17) is 4.74 Å². The van der Waals surface area contributed by atoms with Crippen LogP contribution in [0.4, 0.5) is 5.69 Å². The SMILES string of the molecule is COC(=O)c1sc(-c2ccccc2)cc1NC(=O)C1CCCCN1S(C)(=O)=O. The van der Waals surface area contributed by atoms with E-state index >= 15 is 0 Å². The van der Waals surface area contributed by atoms with Crippen LogP contribution < -0.4 is 5.32 Å². The smallest absolute Gasteiger partial charge is 0.350 e. The number of carbonyl (C=O) groups excluding carboxylic acids is 2. The van der Waals surface area contributed by atoms with E-state index in [0.717, 1.165) is 29.5 Å². The van der Waals surface area contributed by atoms with Crippen molar-refractivity contribution in [2.45, 2.75) is 25.3 Å². The minimum atomic E-state index is -3.50. The van der Waals surface area contributed by atoms with E-state index in [1.807, 2.05) is 30.3 Å². The van der Waals surface area contributed by atoms with E-state index in [1.165, 1.54) is 22.8 Å². The highest BCUT2D eigenvalue weighted by Crippen LogP contribution is 2.35. The Labute approximate surface area is 168 Å². The lowest BCUT2D eigenvalue weighted by atomic mass is 10.0. The highest BCUT2D eigenvalue weighted by Gasteiger charge is 2.35. The number of esters is 1. The zero-order valence-corrected chi connectivity index (χ0v) is 17.3. The number of ether oxygens (including phenoxy) is 1. The largest absolute Gasteiger partial charge is 0.465 e. The predicted octanol–water partition coefficient (Wildman–Crippen LogP) is 2.95. The summed E-state index contributed by atoms with van der Waals surface area (Å²) >= 11 is 1.22. The number of benzene rings is 1. The molecule has 28 heavy (non-hydrogen) atoms. The van der Waals surface area contributed by atoms with Crippen LogP contribution in [0.5, 0.6) is 0 Å². The molecule has 1 aromatic carbocycles. The summed E-state index contributed by atoms with van der Waals surface area (Å²) in [5.74, 6) is -0.987. The molecule has 1 unspecified atom stereocenters. The fourth-order valence-corrected chi connectivity index (χ4v) is 5.41. The van der Waals surface area contributed by atoms with Gasteiger partial charge in [-0.25, -0.2) is 13.2 Å². The van der Waals surface area contributed by atoms with Crippen molar-refractivity contribution in [3.05, 3.63) is 41.3 Å². The molecule has 1 aromatic heterocycles. The first kappa shape index (κ1) is 20.5. The fraction of sp³-hybridized carbons (Fsp3) is 0.368. The molecule has 2 heterocycles. The second kappa shape index (κ2) is 8.42. The number of rotatable bonds is 5.